The number of allylic oxidation sites excluding steroid dienone is 2. The summed E-state index contributed by atoms with van der Waals surface area (Å²) in [5, 5.41) is 10.7. The summed E-state index contributed by atoms with van der Waals surface area (Å²) in [6.07, 6.45) is 3.32. The zero-order valence-corrected chi connectivity index (χ0v) is 15.5. The Balaban J connectivity index is 1.57. The average Bonchev–Trinajstić information content (AvgIpc) is 3.23. The topological polar surface area (TPSA) is 50.5 Å². The van der Waals surface area contributed by atoms with Crippen LogP contribution >= 0.6 is 0 Å². The highest BCUT2D eigenvalue weighted by molar-refractivity contribution is 5.77. The van der Waals surface area contributed by atoms with Gasteiger partial charge in [-0.15, -0.1) is 0 Å². The summed E-state index contributed by atoms with van der Waals surface area (Å²) in [7, 11) is 1.56. The van der Waals surface area contributed by atoms with Gasteiger partial charge in [0.2, 0.25) is 0 Å². The van der Waals surface area contributed by atoms with Crippen LogP contribution in [0, 0.1) is 0 Å². The molecule has 2 heterocycles. The molecule has 150 valence electrons. The number of likely N-dealkylation sites (N-methyl/N-ethyl adjacent to an activating group) is 1. The lowest BCUT2D eigenvalue weighted by molar-refractivity contribution is -0.0957. The van der Waals surface area contributed by atoms with Gasteiger partial charge in [0.25, 0.3) is 0 Å². The number of halogens is 3. The summed E-state index contributed by atoms with van der Waals surface area (Å²) < 4.78 is 46.3. The second kappa shape index (κ2) is 6.84. The van der Waals surface area contributed by atoms with Gasteiger partial charge in [0.1, 0.15) is 5.75 Å². The normalized spacial score (nSPS) is 19.7. The second-order valence-corrected chi connectivity index (χ2v) is 7.61. The monoisotopic (exact) mass is 393 g/mol. The van der Waals surface area contributed by atoms with Crippen LogP contribution in [0.2, 0.25) is 0 Å². The number of aromatic nitrogens is 2. The molecule has 0 unspecified atom stereocenters. The van der Waals surface area contributed by atoms with Gasteiger partial charge in [-0.25, -0.2) is 4.98 Å². The molecule has 1 aromatic heterocycles. The van der Waals surface area contributed by atoms with Gasteiger partial charge >= 0.3 is 6.18 Å². The first kappa shape index (κ1) is 18.9. The molecular formula is C20H22F3N3O2. The molecular weight excluding hydrogens is 371 g/mol. The van der Waals surface area contributed by atoms with Crippen molar-refractivity contribution in [2.45, 2.75) is 44.0 Å². The van der Waals surface area contributed by atoms with E-state index in [1.54, 1.807) is 31.6 Å². The maximum absolute atomic E-state index is 12.9. The fraction of sp³-hybridized carbons (Fsp3) is 0.450. The van der Waals surface area contributed by atoms with Gasteiger partial charge in [-0.2, -0.15) is 13.2 Å². The Bertz CT molecular complexity index is 940. The van der Waals surface area contributed by atoms with E-state index in [1.165, 1.54) is 11.0 Å². The van der Waals surface area contributed by atoms with Gasteiger partial charge in [-0.3, -0.25) is 0 Å². The molecule has 8 heteroatoms. The lowest BCUT2D eigenvalue weighted by atomic mass is 10.0. The highest BCUT2D eigenvalue weighted by Crippen LogP contribution is 2.33. The van der Waals surface area contributed by atoms with Crippen LogP contribution < -0.4 is 4.74 Å². The van der Waals surface area contributed by atoms with Crippen molar-refractivity contribution < 1.29 is 23.0 Å². The van der Waals surface area contributed by atoms with Crippen LogP contribution in [0.3, 0.4) is 0 Å². The molecule has 2 aromatic rings. The first-order valence-electron chi connectivity index (χ1n) is 9.28. The molecule has 1 aliphatic heterocycles. The lowest BCUT2D eigenvalue weighted by Gasteiger charge is -2.27. The van der Waals surface area contributed by atoms with Crippen LogP contribution in [0.1, 0.15) is 25.7 Å². The zero-order chi connectivity index (χ0) is 19.9. The molecule has 1 saturated carbocycles. The summed E-state index contributed by atoms with van der Waals surface area (Å²) in [6.45, 7) is 0.204. The average molecular weight is 393 g/mol. The minimum atomic E-state index is -4.35. The summed E-state index contributed by atoms with van der Waals surface area (Å²) >= 11 is 0. The zero-order valence-electron chi connectivity index (χ0n) is 15.5. The molecule has 1 N–H and O–H groups in total. The Hall–Kier alpha value is -2.48. The van der Waals surface area contributed by atoms with Gasteiger partial charge < -0.3 is 19.3 Å². The molecule has 1 fully saturated rings. The van der Waals surface area contributed by atoms with Gasteiger partial charge in [0.15, 0.2) is 5.88 Å². The Morgan fingerprint density at radius 2 is 1.96 bits per heavy atom. The van der Waals surface area contributed by atoms with Gasteiger partial charge in [-0.1, -0.05) is 12.8 Å². The number of ether oxygens (including phenoxy) is 1. The maximum atomic E-state index is 12.9. The van der Waals surface area contributed by atoms with Crippen LogP contribution in [-0.4, -0.2) is 44.9 Å². The number of nitrogens with zero attached hydrogens (tertiary/aromatic N) is 3. The van der Waals surface area contributed by atoms with E-state index in [4.69, 9.17) is 4.74 Å². The molecule has 0 radical (unpaired) electrons. The first-order chi connectivity index (χ1) is 13.2. The quantitative estimate of drug-likeness (QED) is 0.853. The van der Waals surface area contributed by atoms with Crippen LogP contribution in [-0.2, 0) is 6.54 Å². The maximum Gasteiger partial charge on any atom is 0.414 e. The summed E-state index contributed by atoms with van der Waals surface area (Å²) in [5.74, 6) is 0.849. The van der Waals surface area contributed by atoms with E-state index in [2.05, 4.69) is 4.98 Å². The highest BCUT2D eigenvalue weighted by atomic mass is 19.4. The number of hydrogen-bond acceptors (Lipinski definition) is 4. The second-order valence-electron chi connectivity index (χ2n) is 7.61. The van der Waals surface area contributed by atoms with E-state index >= 15 is 0 Å². The summed E-state index contributed by atoms with van der Waals surface area (Å²) in [6, 6.07) is 5.35. The van der Waals surface area contributed by atoms with E-state index in [0.717, 1.165) is 42.8 Å². The number of aliphatic hydroxyl groups is 1. The lowest BCUT2D eigenvalue weighted by Crippen LogP contribution is -2.31. The van der Waals surface area contributed by atoms with Crippen molar-refractivity contribution in [3.8, 4) is 5.75 Å². The third kappa shape index (κ3) is 3.73. The first-order valence-corrected chi connectivity index (χ1v) is 9.28. The van der Waals surface area contributed by atoms with Gasteiger partial charge in [0.05, 0.1) is 41.6 Å². The Labute approximate surface area is 160 Å². The van der Waals surface area contributed by atoms with E-state index in [0.29, 0.717) is 18.2 Å². The van der Waals surface area contributed by atoms with Crippen LogP contribution in [0.15, 0.2) is 48.1 Å². The van der Waals surface area contributed by atoms with Crippen molar-refractivity contribution in [3.05, 3.63) is 48.1 Å². The molecule has 0 bridgehead atoms. The summed E-state index contributed by atoms with van der Waals surface area (Å²) in [4.78, 5) is 5.79. The van der Waals surface area contributed by atoms with Crippen molar-refractivity contribution in [1.29, 1.82) is 0 Å². The minimum Gasteiger partial charge on any atom is -0.441 e. The largest absolute Gasteiger partial charge is 0.441 e. The molecule has 2 aliphatic rings. The van der Waals surface area contributed by atoms with Crippen molar-refractivity contribution >= 4 is 11.0 Å². The molecule has 28 heavy (non-hydrogen) atoms. The smallest absolute Gasteiger partial charge is 0.414 e. The standard InChI is InChI=1S/C20H22F3N3O2/c1-25-11-14(20(21,22)23)4-7-18(25)28-15-5-6-16-17(10-15)26(13-24-16)12-19(27)8-2-3-9-19/h4-7,10,13,27H,2-3,8-9,11-12H2,1H3. The van der Waals surface area contributed by atoms with E-state index in [-0.39, 0.29) is 6.54 Å². The van der Waals surface area contributed by atoms with Crippen LogP contribution in [0.4, 0.5) is 13.2 Å². The minimum absolute atomic E-state index is 0.261. The van der Waals surface area contributed by atoms with E-state index in [9.17, 15) is 18.3 Å². The third-order valence-electron chi connectivity index (χ3n) is 5.39. The number of alkyl halides is 3. The predicted octanol–water partition coefficient (Wildman–Crippen LogP) is 4.00. The van der Waals surface area contributed by atoms with E-state index in [1.807, 2.05) is 4.57 Å². The van der Waals surface area contributed by atoms with Gasteiger partial charge in [-0.05, 0) is 37.1 Å². The van der Waals surface area contributed by atoms with Crippen molar-refractivity contribution in [2.75, 3.05) is 13.6 Å². The number of rotatable bonds is 4. The van der Waals surface area contributed by atoms with Crippen molar-refractivity contribution in [3.63, 3.8) is 0 Å². The van der Waals surface area contributed by atoms with E-state index < -0.39 is 17.4 Å². The van der Waals surface area contributed by atoms with Crippen molar-refractivity contribution in [2.24, 2.45) is 0 Å². The molecule has 1 aliphatic carbocycles. The Morgan fingerprint density at radius 3 is 2.64 bits per heavy atom. The number of hydrogen-bond donors (Lipinski definition) is 1. The van der Waals surface area contributed by atoms with Gasteiger partial charge in [0, 0.05) is 13.1 Å². The van der Waals surface area contributed by atoms with Crippen molar-refractivity contribution in [1.82, 2.24) is 14.5 Å². The third-order valence-corrected chi connectivity index (χ3v) is 5.39. The molecule has 0 atom stereocenters. The molecule has 5 nitrogen and oxygen atoms in total. The molecule has 1 aromatic carbocycles. The molecule has 0 saturated heterocycles. The van der Waals surface area contributed by atoms with Crippen LogP contribution in [0.5, 0.6) is 5.75 Å². The number of benzene rings is 1. The fourth-order valence-electron chi connectivity index (χ4n) is 3.84. The molecule has 4 rings (SSSR count). The fourth-order valence-corrected chi connectivity index (χ4v) is 3.84. The highest BCUT2D eigenvalue weighted by Gasteiger charge is 2.35. The number of fused-ring (bicyclic) bond motifs is 1. The summed E-state index contributed by atoms with van der Waals surface area (Å²) in [5.41, 5.74) is 0.276. The van der Waals surface area contributed by atoms with Crippen LogP contribution in [0.25, 0.3) is 11.0 Å². The Morgan fingerprint density at radius 1 is 1.21 bits per heavy atom. The predicted molar refractivity (Wildman–Crippen MR) is 98.6 cm³/mol. The Kier molecular flexibility index (Phi) is 4.61. The number of imidazole rings is 1. The molecule has 0 amide bonds. The molecule has 0 spiro atoms. The SMILES string of the molecule is CN1CC(C(F)(F)F)=CC=C1Oc1ccc2ncn(CC3(O)CCCC3)c2c1.